The Hall–Kier alpha value is -2.32. The minimum atomic E-state index is -0.358. The number of thiophene rings is 1. The molecule has 1 amide bonds. The van der Waals surface area contributed by atoms with Crippen molar-refractivity contribution in [1.29, 1.82) is 0 Å². The lowest BCUT2D eigenvalue weighted by molar-refractivity contribution is -0.113. The second-order valence-corrected chi connectivity index (χ2v) is 8.09. The molecule has 140 valence electrons. The van der Waals surface area contributed by atoms with Crippen LogP contribution < -0.4 is 5.32 Å². The Bertz CT molecular complexity index is 991. The number of nitrogens with zero attached hydrogens (tertiary/aromatic N) is 2. The molecule has 0 unspecified atom stereocenters. The SMILES string of the molecule is CCOC(=O)c1c(C2CC2)csc1NC(=O)CSc1ncc2ccccn12. The second-order valence-electron chi connectivity index (χ2n) is 6.26. The van der Waals surface area contributed by atoms with Crippen molar-refractivity contribution in [3.8, 4) is 0 Å². The van der Waals surface area contributed by atoms with Crippen LogP contribution >= 0.6 is 23.1 Å². The Labute approximate surface area is 164 Å². The lowest BCUT2D eigenvalue weighted by Gasteiger charge is -2.08. The number of anilines is 1. The summed E-state index contributed by atoms with van der Waals surface area (Å²) in [7, 11) is 0. The van der Waals surface area contributed by atoms with Gasteiger partial charge in [-0.05, 0) is 48.8 Å². The van der Waals surface area contributed by atoms with Crippen LogP contribution in [0.4, 0.5) is 5.00 Å². The highest BCUT2D eigenvalue weighted by Gasteiger charge is 2.32. The highest BCUT2D eigenvalue weighted by Crippen LogP contribution is 2.46. The van der Waals surface area contributed by atoms with Gasteiger partial charge in [-0.25, -0.2) is 9.78 Å². The quantitative estimate of drug-likeness (QED) is 0.475. The molecule has 1 fully saturated rings. The van der Waals surface area contributed by atoms with Crippen LogP contribution in [0.3, 0.4) is 0 Å². The molecule has 3 aromatic rings. The van der Waals surface area contributed by atoms with E-state index in [9.17, 15) is 9.59 Å². The maximum absolute atomic E-state index is 12.5. The molecule has 0 bridgehead atoms. The average molecular weight is 402 g/mol. The molecular weight excluding hydrogens is 382 g/mol. The fourth-order valence-electron chi connectivity index (χ4n) is 2.89. The van der Waals surface area contributed by atoms with Crippen LogP contribution in [0.1, 0.15) is 41.6 Å². The predicted octanol–water partition coefficient (Wildman–Crippen LogP) is 4.18. The van der Waals surface area contributed by atoms with Crippen molar-refractivity contribution in [3.63, 3.8) is 0 Å². The summed E-state index contributed by atoms with van der Waals surface area (Å²) >= 11 is 2.75. The third-order valence-corrected chi connectivity index (χ3v) is 6.19. The van der Waals surface area contributed by atoms with Crippen LogP contribution in [0.15, 0.2) is 41.1 Å². The number of fused-ring (bicyclic) bond motifs is 1. The number of imidazole rings is 1. The molecule has 1 saturated carbocycles. The van der Waals surface area contributed by atoms with Crippen LogP contribution in [0.2, 0.25) is 0 Å². The number of amides is 1. The van der Waals surface area contributed by atoms with Crippen molar-refractivity contribution >= 4 is 45.5 Å². The molecule has 0 atom stereocenters. The molecule has 27 heavy (non-hydrogen) atoms. The third kappa shape index (κ3) is 3.86. The van der Waals surface area contributed by atoms with Gasteiger partial charge in [-0.3, -0.25) is 9.20 Å². The van der Waals surface area contributed by atoms with Crippen molar-refractivity contribution in [2.75, 3.05) is 17.7 Å². The van der Waals surface area contributed by atoms with Gasteiger partial charge in [0.1, 0.15) is 5.00 Å². The minimum Gasteiger partial charge on any atom is -0.462 e. The van der Waals surface area contributed by atoms with Gasteiger partial charge in [0.25, 0.3) is 0 Å². The Morgan fingerprint density at radius 1 is 1.41 bits per heavy atom. The van der Waals surface area contributed by atoms with E-state index in [0.717, 1.165) is 29.1 Å². The predicted molar refractivity (Wildman–Crippen MR) is 107 cm³/mol. The largest absolute Gasteiger partial charge is 0.462 e. The zero-order valence-electron chi connectivity index (χ0n) is 14.8. The van der Waals surface area contributed by atoms with E-state index in [-0.39, 0.29) is 17.6 Å². The molecule has 1 N–H and O–H groups in total. The molecule has 0 aliphatic heterocycles. The van der Waals surface area contributed by atoms with E-state index in [4.69, 9.17) is 4.74 Å². The maximum Gasteiger partial charge on any atom is 0.341 e. The first-order chi connectivity index (χ1) is 13.2. The number of esters is 1. The molecule has 1 aliphatic carbocycles. The lowest BCUT2D eigenvalue weighted by atomic mass is 10.1. The van der Waals surface area contributed by atoms with Gasteiger partial charge in [0.05, 0.1) is 29.6 Å². The smallest absolute Gasteiger partial charge is 0.341 e. The summed E-state index contributed by atoms with van der Waals surface area (Å²) in [5.74, 6) is 0.106. The average Bonchev–Trinajstić information content (AvgIpc) is 3.30. The zero-order chi connectivity index (χ0) is 18.8. The molecular formula is C19H19N3O3S2. The van der Waals surface area contributed by atoms with Crippen LogP contribution in [-0.2, 0) is 9.53 Å². The van der Waals surface area contributed by atoms with E-state index < -0.39 is 0 Å². The summed E-state index contributed by atoms with van der Waals surface area (Å²) in [5.41, 5.74) is 2.51. The second kappa shape index (κ2) is 7.74. The highest BCUT2D eigenvalue weighted by atomic mass is 32.2. The summed E-state index contributed by atoms with van der Waals surface area (Å²) in [5, 5.41) is 6.19. The number of hydrogen-bond acceptors (Lipinski definition) is 6. The van der Waals surface area contributed by atoms with Gasteiger partial charge < -0.3 is 10.1 Å². The van der Waals surface area contributed by atoms with Gasteiger partial charge in [0, 0.05) is 6.20 Å². The third-order valence-electron chi connectivity index (χ3n) is 4.31. The number of carbonyl (C=O) groups is 2. The molecule has 0 radical (unpaired) electrons. The maximum atomic E-state index is 12.5. The number of nitrogens with one attached hydrogen (secondary N) is 1. The van der Waals surface area contributed by atoms with Crippen molar-refractivity contribution < 1.29 is 14.3 Å². The minimum absolute atomic E-state index is 0.164. The monoisotopic (exact) mass is 401 g/mol. The first-order valence-electron chi connectivity index (χ1n) is 8.80. The zero-order valence-corrected chi connectivity index (χ0v) is 16.4. The van der Waals surface area contributed by atoms with Gasteiger partial charge in [-0.15, -0.1) is 11.3 Å². The lowest BCUT2D eigenvalue weighted by Crippen LogP contribution is -2.17. The number of aromatic nitrogens is 2. The van der Waals surface area contributed by atoms with E-state index in [1.54, 1.807) is 13.1 Å². The van der Waals surface area contributed by atoms with Gasteiger partial charge in [-0.2, -0.15) is 0 Å². The van der Waals surface area contributed by atoms with Gasteiger partial charge in [0.2, 0.25) is 5.91 Å². The fourth-order valence-corrected chi connectivity index (χ4v) is 4.70. The number of rotatable bonds is 7. The van der Waals surface area contributed by atoms with Crippen LogP contribution in [0.25, 0.3) is 5.52 Å². The van der Waals surface area contributed by atoms with Gasteiger partial charge >= 0.3 is 5.97 Å². The van der Waals surface area contributed by atoms with E-state index in [0.29, 0.717) is 23.1 Å². The first kappa shape index (κ1) is 18.1. The molecule has 0 aromatic carbocycles. The number of thioether (sulfide) groups is 1. The molecule has 1 aliphatic rings. The number of hydrogen-bond donors (Lipinski definition) is 1. The summed E-state index contributed by atoms with van der Waals surface area (Å²) in [6.45, 7) is 2.10. The molecule has 6 nitrogen and oxygen atoms in total. The summed E-state index contributed by atoms with van der Waals surface area (Å²) in [6.07, 6.45) is 5.86. The van der Waals surface area contributed by atoms with Crippen molar-refractivity contribution in [2.24, 2.45) is 0 Å². The van der Waals surface area contributed by atoms with E-state index in [1.807, 2.05) is 34.2 Å². The standard InChI is InChI=1S/C19H19N3O3S2/c1-2-25-18(24)16-14(12-6-7-12)10-26-17(16)21-15(23)11-27-19-20-9-13-5-3-4-8-22(13)19/h3-5,8-10,12H,2,6-7,11H2,1H3,(H,21,23). The highest BCUT2D eigenvalue weighted by molar-refractivity contribution is 7.99. The number of ether oxygens (including phenoxy) is 1. The Balaban J connectivity index is 1.45. The number of pyridine rings is 1. The van der Waals surface area contributed by atoms with Crippen molar-refractivity contribution in [3.05, 3.63) is 47.1 Å². The topological polar surface area (TPSA) is 72.7 Å². The molecule has 0 spiro atoms. The summed E-state index contributed by atoms with van der Waals surface area (Å²) in [6, 6.07) is 5.84. The number of carbonyl (C=O) groups excluding carboxylic acids is 2. The normalized spacial score (nSPS) is 13.7. The molecule has 3 aromatic heterocycles. The summed E-state index contributed by atoms with van der Waals surface area (Å²) in [4.78, 5) is 29.2. The summed E-state index contributed by atoms with van der Waals surface area (Å²) < 4.78 is 7.13. The van der Waals surface area contributed by atoms with Crippen LogP contribution in [0, 0.1) is 0 Å². The molecule has 3 heterocycles. The van der Waals surface area contributed by atoms with Crippen molar-refractivity contribution in [2.45, 2.75) is 30.8 Å². The first-order valence-corrected chi connectivity index (χ1v) is 10.7. The van der Waals surface area contributed by atoms with E-state index in [1.165, 1.54) is 23.1 Å². The molecule has 4 rings (SSSR count). The molecule has 8 heteroatoms. The van der Waals surface area contributed by atoms with E-state index in [2.05, 4.69) is 10.3 Å². The Kier molecular flexibility index (Phi) is 5.18. The fraction of sp³-hybridized carbons (Fsp3) is 0.316. The Morgan fingerprint density at radius 2 is 2.26 bits per heavy atom. The Morgan fingerprint density at radius 3 is 3.04 bits per heavy atom. The van der Waals surface area contributed by atoms with Crippen LogP contribution in [0.5, 0.6) is 0 Å². The van der Waals surface area contributed by atoms with Gasteiger partial charge in [0.15, 0.2) is 5.16 Å². The van der Waals surface area contributed by atoms with E-state index >= 15 is 0 Å². The van der Waals surface area contributed by atoms with Crippen molar-refractivity contribution in [1.82, 2.24) is 9.38 Å². The van der Waals surface area contributed by atoms with Gasteiger partial charge in [-0.1, -0.05) is 17.8 Å². The van der Waals surface area contributed by atoms with Crippen LogP contribution in [-0.4, -0.2) is 33.6 Å². The molecule has 0 saturated heterocycles.